The second-order valence-electron chi connectivity index (χ2n) is 7.73. The predicted molar refractivity (Wildman–Crippen MR) is 125 cm³/mol. The van der Waals surface area contributed by atoms with E-state index in [1.54, 1.807) is 13.2 Å². The molecule has 170 valence electrons. The molecule has 1 unspecified atom stereocenters. The van der Waals surface area contributed by atoms with Gasteiger partial charge in [0, 0.05) is 30.5 Å². The van der Waals surface area contributed by atoms with Gasteiger partial charge < -0.3 is 20.7 Å². The lowest BCUT2D eigenvalue weighted by atomic mass is 10.1. The average molecular weight is 439 g/mol. The Morgan fingerprint density at radius 3 is 2.75 bits per heavy atom. The molecule has 0 saturated heterocycles. The average Bonchev–Trinajstić information content (AvgIpc) is 2.78. The summed E-state index contributed by atoms with van der Waals surface area (Å²) in [6.45, 7) is 4.93. The van der Waals surface area contributed by atoms with Crippen LogP contribution in [0.2, 0.25) is 0 Å². The van der Waals surface area contributed by atoms with Crippen LogP contribution in [0.15, 0.2) is 48.2 Å². The van der Waals surface area contributed by atoms with E-state index in [-0.39, 0.29) is 11.6 Å². The molecule has 0 bridgehead atoms. The summed E-state index contributed by atoms with van der Waals surface area (Å²) in [6.07, 6.45) is 5.31. The van der Waals surface area contributed by atoms with E-state index in [9.17, 15) is 9.18 Å². The van der Waals surface area contributed by atoms with Crippen LogP contribution in [0, 0.1) is 24.1 Å². The minimum Gasteiger partial charge on any atom is -0.496 e. The zero-order valence-electron chi connectivity index (χ0n) is 18.9. The van der Waals surface area contributed by atoms with Crippen molar-refractivity contribution in [3.8, 4) is 11.8 Å². The highest BCUT2D eigenvalue weighted by atomic mass is 19.1. The van der Waals surface area contributed by atoms with Crippen molar-refractivity contribution in [1.82, 2.24) is 5.32 Å². The fourth-order valence-electron chi connectivity index (χ4n) is 3.48. The lowest BCUT2D eigenvalue weighted by Gasteiger charge is -2.27. The number of carbonyl (C=O) groups is 1. The number of rotatable bonds is 12. The monoisotopic (exact) mass is 438 g/mol. The number of allylic oxidation sites excluding steroid dienone is 2. The first-order valence-corrected chi connectivity index (χ1v) is 10.6. The number of unbranched alkanes of at least 4 members (excludes halogenated alkanes) is 1. The molecule has 0 heterocycles. The molecule has 0 radical (unpaired) electrons. The summed E-state index contributed by atoms with van der Waals surface area (Å²) in [5, 5.41) is 11.6. The van der Waals surface area contributed by atoms with Crippen molar-refractivity contribution in [2.24, 2.45) is 5.73 Å². The topological polar surface area (TPSA) is 91.4 Å². The normalized spacial score (nSPS) is 12.1. The molecule has 0 aromatic heterocycles. The SMILES string of the molecule is COc1ccc(N(Cc2ccc(C#N)c(F)c2)/C(C)=C/CCCC(N)CNC=O)cc1C. The molecule has 0 aliphatic heterocycles. The third kappa shape index (κ3) is 7.10. The van der Waals surface area contributed by atoms with Gasteiger partial charge in [0.2, 0.25) is 6.41 Å². The summed E-state index contributed by atoms with van der Waals surface area (Å²) in [5.74, 6) is 0.285. The van der Waals surface area contributed by atoms with Crippen LogP contribution in [0.3, 0.4) is 0 Å². The zero-order valence-corrected chi connectivity index (χ0v) is 18.9. The lowest BCUT2D eigenvalue weighted by Crippen LogP contribution is -2.32. The predicted octanol–water partition coefficient (Wildman–Crippen LogP) is 4.17. The van der Waals surface area contributed by atoms with Gasteiger partial charge in [-0.1, -0.05) is 12.1 Å². The molecule has 1 amide bonds. The molecule has 32 heavy (non-hydrogen) atoms. The molecule has 1 atom stereocenters. The largest absolute Gasteiger partial charge is 0.496 e. The number of nitriles is 1. The molecule has 0 aliphatic rings. The second kappa shape index (κ2) is 12.5. The van der Waals surface area contributed by atoms with Crippen molar-refractivity contribution >= 4 is 12.1 Å². The Bertz CT molecular complexity index is 984. The summed E-state index contributed by atoms with van der Waals surface area (Å²) < 4.78 is 19.5. The van der Waals surface area contributed by atoms with Crippen molar-refractivity contribution in [2.75, 3.05) is 18.6 Å². The molecule has 2 aromatic carbocycles. The van der Waals surface area contributed by atoms with Gasteiger partial charge in [0.15, 0.2) is 0 Å². The number of methoxy groups -OCH3 is 1. The highest BCUT2D eigenvalue weighted by molar-refractivity contribution is 5.57. The highest BCUT2D eigenvalue weighted by Gasteiger charge is 2.13. The van der Waals surface area contributed by atoms with E-state index < -0.39 is 5.82 Å². The van der Waals surface area contributed by atoms with E-state index in [1.807, 2.05) is 38.1 Å². The number of hydrogen-bond donors (Lipinski definition) is 2. The molecule has 7 heteroatoms. The number of aryl methyl sites for hydroxylation is 1. The summed E-state index contributed by atoms with van der Waals surface area (Å²) in [6, 6.07) is 12.4. The molecule has 0 aliphatic carbocycles. The van der Waals surface area contributed by atoms with Crippen LogP contribution < -0.4 is 20.7 Å². The number of carbonyl (C=O) groups excluding carboxylic acids is 1. The number of nitrogens with zero attached hydrogens (tertiary/aromatic N) is 2. The summed E-state index contributed by atoms with van der Waals surface area (Å²) in [5.41, 5.74) is 9.79. The van der Waals surface area contributed by atoms with Crippen molar-refractivity contribution in [3.63, 3.8) is 0 Å². The third-order valence-electron chi connectivity index (χ3n) is 5.29. The van der Waals surface area contributed by atoms with Gasteiger partial charge in [0.05, 0.1) is 12.7 Å². The fraction of sp³-hybridized carbons (Fsp3) is 0.360. The number of halogens is 1. The van der Waals surface area contributed by atoms with Gasteiger partial charge >= 0.3 is 0 Å². The smallest absolute Gasteiger partial charge is 0.207 e. The quantitative estimate of drug-likeness (QED) is 0.383. The number of nitrogens with two attached hydrogens (primary N) is 1. The van der Waals surface area contributed by atoms with Crippen molar-refractivity contribution < 1.29 is 13.9 Å². The van der Waals surface area contributed by atoms with E-state index in [2.05, 4.69) is 16.3 Å². The fourth-order valence-corrected chi connectivity index (χ4v) is 3.48. The summed E-state index contributed by atoms with van der Waals surface area (Å²) in [7, 11) is 1.64. The molecular weight excluding hydrogens is 407 g/mol. The van der Waals surface area contributed by atoms with E-state index >= 15 is 0 Å². The van der Waals surface area contributed by atoms with Gasteiger partial charge in [0.1, 0.15) is 17.6 Å². The lowest BCUT2D eigenvalue weighted by molar-refractivity contribution is -0.109. The zero-order chi connectivity index (χ0) is 23.5. The van der Waals surface area contributed by atoms with E-state index in [4.69, 9.17) is 15.7 Å². The Morgan fingerprint density at radius 2 is 2.12 bits per heavy atom. The Hall–Kier alpha value is -3.37. The number of anilines is 1. The summed E-state index contributed by atoms with van der Waals surface area (Å²) >= 11 is 0. The molecule has 3 N–H and O–H groups in total. The number of nitrogens with one attached hydrogen (secondary N) is 1. The number of hydrogen-bond acceptors (Lipinski definition) is 5. The van der Waals surface area contributed by atoms with E-state index in [0.717, 1.165) is 47.5 Å². The first-order chi connectivity index (χ1) is 15.4. The van der Waals surface area contributed by atoms with E-state index in [0.29, 0.717) is 19.5 Å². The van der Waals surface area contributed by atoms with E-state index in [1.165, 1.54) is 12.1 Å². The van der Waals surface area contributed by atoms with Crippen LogP contribution in [0.4, 0.5) is 10.1 Å². The maximum absolute atomic E-state index is 14.2. The maximum atomic E-state index is 14.2. The van der Waals surface area contributed by atoms with Crippen LogP contribution in [0.5, 0.6) is 5.75 Å². The van der Waals surface area contributed by atoms with Crippen molar-refractivity contribution in [3.05, 3.63) is 70.7 Å². The van der Waals surface area contributed by atoms with Crippen LogP contribution in [0.1, 0.15) is 42.9 Å². The molecule has 6 nitrogen and oxygen atoms in total. The van der Waals surface area contributed by atoms with Crippen LogP contribution in [-0.2, 0) is 11.3 Å². The first-order valence-electron chi connectivity index (χ1n) is 10.6. The van der Waals surface area contributed by atoms with Crippen LogP contribution >= 0.6 is 0 Å². The Labute approximate surface area is 189 Å². The minimum atomic E-state index is -0.518. The molecule has 2 rings (SSSR count). The Kier molecular flexibility index (Phi) is 9.71. The van der Waals surface area contributed by atoms with Gasteiger partial charge in [-0.25, -0.2) is 4.39 Å². The van der Waals surface area contributed by atoms with Gasteiger partial charge in [-0.15, -0.1) is 0 Å². The van der Waals surface area contributed by atoms with Gasteiger partial charge in [-0.2, -0.15) is 5.26 Å². The standard InChI is InChI=1S/C25H31FN4O2/c1-18-12-23(10-11-25(18)32-3)30(16-20-8-9-21(14-27)24(26)13-20)19(2)6-4-5-7-22(28)15-29-17-31/h6,8-13,17,22H,4-5,7,15-16,28H2,1-3H3,(H,29,31)/b19-6+. The number of amides is 1. The Balaban J connectivity index is 2.21. The van der Waals surface area contributed by atoms with Crippen LogP contribution in [-0.4, -0.2) is 26.1 Å². The number of benzene rings is 2. The highest BCUT2D eigenvalue weighted by Crippen LogP contribution is 2.28. The minimum absolute atomic E-state index is 0.0354. The summed E-state index contributed by atoms with van der Waals surface area (Å²) in [4.78, 5) is 12.5. The van der Waals surface area contributed by atoms with Gasteiger partial charge in [-0.3, -0.25) is 4.79 Å². The van der Waals surface area contributed by atoms with Crippen LogP contribution in [0.25, 0.3) is 0 Å². The first kappa shape index (κ1) is 24.9. The molecule has 0 saturated carbocycles. The molecule has 0 spiro atoms. The Morgan fingerprint density at radius 1 is 1.34 bits per heavy atom. The molecule has 0 fully saturated rings. The molecular formula is C25H31FN4O2. The molecule has 2 aromatic rings. The third-order valence-corrected chi connectivity index (χ3v) is 5.29. The second-order valence-corrected chi connectivity index (χ2v) is 7.73. The van der Waals surface area contributed by atoms with Gasteiger partial charge in [0.25, 0.3) is 0 Å². The maximum Gasteiger partial charge on any atom is 0.207 e. The van der Waals surface area contributed by atoms with Crippen molar-refractivity contribution in [2.45, 2.75) is 45.7 Å². The van der Waals surface area contributed by atoms with Gasteiger partial charge in [-0.05, 0) is 74.6 Å². The number of ether oxygens (including phenoxy) is 1. The van der Waals surface area contributed by atoms with Crippen molar-refractivity contribution in [1.29, 1.82) is 5.26 Å².